The maximum atomic E-state index is 12.9. The summed E-state index contributed by atoms with van der Waals surface area (Å²) in [5, 5.41) is 12.4. The Hall–Kier alpha value is -3.82. The van der Waals surface area contributed by atoms with Gasteiger partial charge in [0.1, 0.15) is 6.33 Å². The van der Waals surface area contributed by atoms with Gasteiger partial charge in [0.05, 0.1) is 16.6 Å². The fourth-order valence-corrected chi connectivity index (χ4v) is 3.15. The third-order valence-corrected chi connectivity index (χ3v) is 4.91. The van der Waals surface area contributed by atoms with Crippen molar-refractivity contribution in [3.63, 3.8) is 0 Å². The molecular formula is C24H27F3N6O. The zero-order valence-corrected chi connectivity index (χ0v) is 19.6. The van der Waals surface area contributed by atoms with E-state index in [1.807, 2.05) is 34.6 Å². The summed E-state index contributed by atoms with van der Waals surface area (Å²) >= 11 is 0. The van der Waals surface area contributed by atoms with Gasteiger partial charge in [-0.2, -0.15) is 18.3 Å². The maximum Gasteiger partial charge on any atom is 0.416 e. The highest BCUT2D eigenvalue weighted by Gasteiger charge is 2.30. The van der Waals surface area contributed by atoms with Gasteiger partial charge in [-0.1, -0.05) is 34.6 Å². The standard InChI is InChI=1S/C22H21F3N6O.C2H6/c1-21(2,3)18-11-19(30-29-18)28-20(32)27-14-5-7-15(8-6-14)31-12-26-16-10-13(22(23,24)25)4-9-17(16)31;1-2/h4-12H,1-3H3,(H3,27,28,29,30,32);1-2H3. The Morgan fingerprint density at radius 3 is 2.24 bits per heavy atom. The highest BCUT2D eigenvalue weighted by Crippen LogP contribution is 2.31. The molecule has 0 fully saturated rings. The number of halogens is 3. The largest absolute Gasteiger partial charge is 0.416 e. The number of nitrogens with zero attached hydrogens (tertiary/aromatic N) is 3. The molecule has 2 aromatic carbocycles. The van der Waals surface area contributed by atoms with Gasteiger partial charge in [0, 0.05) is 28.6 Å². The number of aromatic nitrogens is 4. The number of fused-ring (bicyclic) bond motifs is 1. The molecule has 34 heavy (non-hydrogen) atoms. The van der Waals surface area contributed by atoms with Crippen LogP contribution in [0, 0.1) is 0 Å². The molecule has 0 atom stereocenters. The van der Waals surface area contributed by atoms with Crippen LogP contribution in [0.15, 0.2) is 54.9 Å². The zero-order valence-electron chi connectivity index (χ0n) is 19.6. The Morgan fingerprint density at radius 1 is 0.971 bits per heavy atom. The molecule has 0 saturated heterocycles. The molecule has 0 radical (unpaired) electrons. The Labute approximate surface area is 195 Å². The van der Waals surface area contributed by atoms with E-state index < -0.39 is 17.8 Å². The monoisotopic (exact) mass is 472 g/mol. The van der Waals surface area contributed by atoms with Gasteiger partial charge in [-0.15, -0.1) is 0 Å². The summed E-state index contributed by atoms with van der Waals surface area (Å²) in [6, 6.07) is 11.6. The van der Waals surface area contributed by atoms with Crippen molar-refractivity contribution in [1.82, 2.24) is 19.7 Å². The molecule has 0 aliphatic carbocycles. The van der Waals surface area contributed by atoms with Gasteiger partial charge in [0.25, 0.3) is 0 Å². The highest BCUT2D eigenvalue weighted by molar-refractivity contribution is 5.99. The lowest BCUT2D eigenvalue weighted by molar-refractivity contribution is -0.137. The van der Waals surface area contributed by atoms with E-state index >= 15 is 0 Å². The van der Waals surface area contributed by atoms with Gasteiger partial charge in [-0.05, 0) is 42.5 Å². The molecule has 4 aromatic rings. The predicted molar refractivity (Wildman–Crippen MR) is 127 cm³/mol. The molecule has 180 valence electrons. The number of rotatable bonds is 3. The first-order valence-electron chi connectivity index (χ1n) is 10.8. The lowest BCUT2D eigenvalue weighted by Gasteiger charge is -2.14. The molecule has 10 heteroatoms. The normalized spacial score (nSPS) is 11.6. The van der Waals surface area contributed by atoms with Gasteiger partial charge in [0.2, 0.25) is 0 Å². The minimum Gasteiger partial charge on any atom is -0.308 e. The van der Waals surface area contributed by atoms with Crippen LogP contribution in [-0.2, 0) is 11.6 Å². The second-order valence-electron chi connectivity index (χ2n) is 8.36. The number of aromatic amines is 1. The number of amides is 2. The molecular weight excluding hydrogens is 445 g/mol. The molecule has 2 aromatic heterocycles. The van der Waals surface area contributed by atoms with Crippen molar-refractivity contribution in [1.29, 1.82) is 0 Å². The van der Waals surface area contributed by atoms with Gasteiger partial charge in [0.15, 0.2) is 5.82 Å². The van der Waals surface area contributed by atoms with E-state index in [-0.39, 0.29) is 10.9 Å². The van der Waals surface area contributed by atoms with E-state index in [4.69, 9.17) is 0 Å². The lowest BCUT2D eigenvalue weighted by atomic mass is 9.92. The summed E-state index contributed by atoms with van der Waals surface area (Å²) in [4.78, 5) is 16.3. The average molecular weight is 473 g/mol. The van der Waals surface area contributed by atoms with Gasteiger partial charge < -0.3 is 5.32 Å². The maximum absolute atomic E-state index is 12.9. The Kier molecular flexibility index (Phi) is 6.99. The first-order chi connectivity index (χ1) is 16.0. The van der Waals surface area contributed by atoms with Crippen molar-refractivity contribution in [2.45, 2.75) is 46.2 Å². The molecule has 0 saturated carbocycles. The number of benzene rings is 2. The summed E-state index contributed by atoms with van der Waals surface area (Å²) < 4.78 is 40.4. The van der Waals surface area contributed by atoms with Crippen LogP contribution in [-0.4, -0.2) is 25.8 Å². The van der Waals surface area contributed by atoms with Crippen LogP contribution in [0.5, 0.6) is 0 Å². The molecule has 0 aliphatic heterocycles. The molecule has 3 N–H and O–H groups in total. The lowest BCUT2D eigenvalue weighted by Crippen LogP contribution is -2.19. The van der Waals surface area contributed by atoms with E-state index in [1.54, 1.807) is 34.9 Å². The van der Waals surface area contributed by atoms with Crippen LogP contribution in [0.2, 0.25) is 0 Å². The predicted octanol–water partition coefficient (Wildman–Crippen LogP) is 6.74. The average Bonchev–Trinajstić information content (AvgIpc) is 3.42. The van der Waals surface area contributed by atoms with Gasteiger partial charge in [-0.3, -0.25) is 15.0 Å². The van der Waals surface area contributed by atoms with Gasteiger partial charge >= 0.3 is 12.2 Å². The zero-order chi connectivity index (χ0) is 25.1. The van der Waals surface area contributed by atoms with Crippen LogP contribution in [0.25, 0.3) is 16.7 Å². The number of nitrogens with one attached hydrogen (secondary N) is 3. The molecule has 2 amide bonds. The molecule has 0 spiro atoms. The van der Waals surface area contributed by atoms with E-state index in [2.05, 4.69) is 25.8 Å². The summed E-state index contributed by atoms with van der Waals surface area (Å²) in [5.41, 5.74) is 2.06. The van der Waals surface area contributed by atoms with E-state index in [1.165, 1.54) is 12.4 Å². The molecule has 4 rings (SSSR count). The number of H-pyrrole nitrogens is 1. The first kappa shape index (κ1) is 24.8. The van der Waals surface area contributed by atoms with Crippen molar-refractivity contribution in [2.75, 3.05) is 10.6 Å². The fraction of sp³-hybridized carbons (Fsp3) is 0.292. The second kappa shape index (κ2) is 9.58. The first-order valence-corrected chi connectivity index (χ1v) is 10.8. The van der Waals surface area contributed by atoms with Crippen LogP contribution in [0.3, 0.4) is 0 Å². The van der Waals surface area contributed by atoms with Crippen molar-refractivity contribution in [2.24, 2.45) is 0 Å². The second-order valence-corrected chi connectivity index (χ2v) is 8.36. The number of urea groups is 1. The minimum atomic E-state index is -4.42. The molecule has 0 bridgehead atoms. The molecule has 0 unspecified atom stereocenters. The van der Waals surface area contributed by atoms with Crippen LogP contribution in [0.4, 0.5) is 29.5 Å². The number of imidazole rings is 1. The van der Waals surface area contributed by atoms with E-state index in [9.17, 15) is 18.0 Å². The third kappa shape index (κ3) is 5.56. The number of hydrogen-bond acceptors (Lipinski definition) is 3. The topological polar surface area (TPSA) is 87.6 Å². The summed E-state index contributed by atoms with van der Waals surface area (Å²) in [6.45, 7) is 10.1. The number of carbonyl (C=O) groups excluding carboxylic acids is 1. The third-order valence-electron chi connectivity index (χ3n) is 4.91. The SMILES string of the molecule is CC.CC(C)(C)c1cc(NC(=O)Nc2ccc(-n3cnc4cc(C(F)(F)F)ccc43)cc2)n[nH]1. The number of carbonyl (C=O) groups is 1. The summed E-state index contributed by atoms with van der Waals surface area (Å²) in [6.07, 6.45) is -2.96. The summed E-state index contributed by atoms with van der Waals surface area (Å²) in [7, 11) is 0. The number of alkyl halides is 3. The Bertz CT molecular complexity index is 1270. The molecule has 0 aliphatic rings. The van der Waals surface area contributed by atoms with Crippen LogP contribution < -0.4 is 10.6 Å². The molecule has 7 nitrogen and oxygen atoms in total. The van der Waals surface area contributed by atoms with Crippen LogP contribution >= 0.6 is 0 Å². The minimum absolute atomic E-state index is 0.120. The van der Waals surface area contributed by atoms with Crippen LogP contribution in [0.1, 0.15) is 45.9 Å². The van der Waals surface area contributed by atoms with Crippen molar-refractivity contribution >= 4 is 28.6 Å². The smallest absolute Gasteiger partial charge is 0.308 e. The Balaban J connectivity index is 0.00000158. The quantitative estimate of drug-likeness (QED) is 0.309. The molecule has 2 heterocycles. The fourth-order valence-electron chi connectivity index (χ4n) is 3.15. The summed E-state index contributed by atoms with van der Waals surface area (Å²) in [5.74, 6) is 0.409. The van der Waals surface area contributed by atoms with Gasteiger partial charge in [-0.25, -0.2) is 9.78 Å². The number of anilines is 2. The highest BCUT2D eigenvalue weighted by atomic mass is 19.4. The Morgan fingerprint density at radius 2 is 1.65 bits per heavy atom. The van der Waals surface area contributed by atoms with Crippen molar-refractivity contribution in [3.05, 3.63) is 66.1 Å². The van der Waals surface area contributed by atoms with Crippen molar-refractivity contribution in [3.8, 4) is 5.69 Å². The number of hydrogen-bond donors (Lipinski definition) is 3. The van der Waals surface area contributed by atoms with E-state index in [0.29, 0.717) is 22.7 Å². The van der Waals surface area contributed by atoms with Crippen molar-refractivity contribution < 1.29 is 18.0 Å². The van der Waals surface area contributed by atoms with E-state index in [0.717, 1.165) is 17.8 Å².